The van der Waals surface area contributed by atoms with Gasteiger partial charge in [-0.05, 0) is 95.0 Å². The van der Waals surface area contributed by atoms with Gasteiger partial charge in [0, 0.05) is 31.1 Å². The quantitative estimate of drug-likeness (QED) is 0.328. The summed E-state index contributed by atoms with van der Waals surface area (Å²) in [6.45, 7) is 10.5. The number of alkyl halides is 6. The minimum atomic E-state index is -5.05. The first kappa shape index (κ1) is 33.2. The van der Waals surface area contributed by atoms with Crippen LogP contribution in [-0.4, -0.2) is 52.6 Å². The maximum absolute atomic E-state index is 14.0. The molecule has 0 bridgehead atoms. The number of hydrogen-bond donors (Lipinski definition) is 0. The van der Waals surface area contributed by atoms with Crippen molar-refractivity contribution in [3.63, 3.8) is 0 Å². The molecular weight excluding hydrogens is 569 g/mol. The number of aryl methyl sites for hydroxylation is 1. The van der Waals surface area contributed by atoms with E-state index in [0.717, 1.165) is 0 Å². The molecule has 1 saturated heterocycles. The molecule has 232 valence electrons. The molecule has 0 N–H and O–H groups in total. The van der Waals surface area contributed by atoms with Crippen molar-refractivity contribution < 1.29 is 45.1 Å². The van der Waals surface area contributed by atoms with Gasteiger partial charge in [-0.15, -0.1) is 0 Å². The van der Waals surface area contributed by atoms with Crippen LogP contribution >= 0.6 is 0 Å². The number of hydrogen-bond acceptors (Lipinski definition) is 3. The summed E-state index contributed by atoms with van der Waals surface area (Å²) >= 11 is 0. The Labute approximate surface area is 240 Å². The van der Waals surface area contributed by atoms with Crippen molar-refractivity contribution in [3.8, 4) is 0 Å². The second-order valence-electron chi connectivity index (χ2n) is 11.9. The topological polar surface area (TPSA) is 49.9 Å². The molecule has 0 spiro atoms. The maximum atomic E-state index is 14.0. The zero-order chi connectivity index (χ0) is 31.8. The number of likely N-dealkylation sites (tertiary alicyclic amines) is 1. The molecule has 2 atom stereocenters. The Morgan fingerprint density at radius 1 is 0.976 bits per heavy atom. The zero-order valence-corrected chi connectivity index (χ0v) is 24.3. The molecule has 12 heteroatoms. The van der Waals surface area contributed by atoms with Gasteiger partial charge in [-0.25, -0.2) is 9.18 Å². The molecule has 0 aliphatic carbocycles. The molecule has 2 aromatic rings. The van der Waals surface area contributed by atoms with Gasteiger partial charge in [0.05, 0.1) is 17.5 Å². The van der Waals surface area contributed by atoms with Crippen LogP contribution in [0.5, 0.6) is 0 Å². The Hall–Kier alpha value is -3.31. The number of carbonyl (C=O) groups excluding carboxylic acids is 2. The molecule has 42 heavy (non-hydrogen) atoms. The highest BCUT2D eigenvalue weighted by Crippen LogP contribution is 2.38. The van der Waals surface area contributed by atoms with Crippen molar-refractivity contribution in [2.45, 2.75) is 90.3 Å². The van der Waals surface area contributed by atoms with E-state index in [1.165, 1.54) is 21.9 Å². The zero-order valence-electron chi connectivity index (χ0n) is 24.3. The second kappa shape index (κ2) is 12.1. The third-order valence-corrected chi connectivity index (χ3v) is 7.06. The Bertz CT molecular complexity index is 1270. The summed E-state index contributed by atoms with van der Waals surface area (Å²) in [4.78, 5) is 29.6. The molecule has 0 radical (unpaired) electrons. The van der Waals surface area contributed by atoms with Gasteiger partial charge in [-0.2, -0.15) is 26.3 Å². The van der Waals surface area contributed by atoms with E-state index in [9.17, 15) is 40.3 Å². The van der Waals surface area contributed by atoms with E-state index in [0.29, 0.717) is 23.3 Å². The lowest BCUT2D eigenvalue weighted by Crippen LogP contribution is -2.56. The fourth-order valence-electron chi connectivity index (χ4n) is 5.37. The van der Waals surface area contributed by atoms with Crippen LogP contribution in [0, 0.1) is 12.7 Å². The van der Waals surface area contributed by atoms with E-state index >= 15 is 0 Å². The molecule has 1 aliphatic heterocycles. The first-order valence-electron chi connectivity index (χ1n) is 13.5. The molecule has 0 saturated carbocycles. The summed E-state index contributed by atoms with van der Waals surface area (Å²) < 4.78 is 100. The summed E-state index contributed by atoms with van der Waals surface area (Å²) in [6.07, 6.45) is -11.1. The van der Waals surface area contributed by atoms with Crippen LogP contribution in [0.2, 0.25) is 0 Å². The molecule has 0 unspecified atom stereocenters. The predicted molar refractivity (Wildman–Crippen MR) is 142 cm³/mol. The van der Waals surface area contributed by atoms with Gasteiger partial charge in [0.15, 0.2) is 0 Å². The largest absolute Gasteiger partial charge is 0.444 e. The Balaban J connectivity index is 2.01. The average molecular weight is 605 g/mol. The van der Waals surface area contributed by atoms with Crippen LogP contribution in [0.3, 0.4) is 0 Å². The molecule has 0 aromatic heterocycles. The molecular formula is C30H35F7N2O3. The van der Waals surface area contributed by atoms with Crippen molar-refractivity contribution in [2.24, 2.45) is 0 Å². The van der Waals surface area contributed by atoms with Gasteiger partial charge in [-0.3, -0.25) is 4.79 Å². The summed E-state index contributed by atoms with van der Waals surface area (Å²) in [5, 5.41) is 0. The second-order valence-corrected chi connectivity index (χ2v) is 11.9. The minimum Gasteiger partial charge on any atom is -0.444 e. The van der Waals surface area contributed by atoms with Gasteiger partial charge in [-0.1, -0.05) is 6.07 Å². The van der Waals surface area contributed by atoms with E-state index in [1.807, 2.05) is 0 Å². The van der Waals surface area contributed by atoms with Crippen molar-refractivity contribution in [1.29, 1.82) is 0 Å². The highest BCUT2D eigenvalue weighted by atomic mass is 19.4. The number of amides is 2. The standard InChI is InChI=1S/C30H35F7N2O3/c1-17(2)39(26(40)14-19-12-20(29(32,33)34)15-21(13-19)30(35,36)37)25-9-10-38(27(41)42-28(4,5)6)16-24(25)23-8-7-22(31)11-18(23)3/h7-8,11-13,15,17,24-25H,9-10,14,16H2,1-6H3/t24-,25+/m1/s1. The van der Waals surface area contributed by atoms with Gasteiger partial charge >= 0.3 is 18.4 Å². The molecule has 1 fully saturated rings. The predicted octanol–water partition coefficient (Wildman–Crippen LogP) is 7.74. The fraction of sp³-hybridized carbons (Fsp3) is 0.533. The van der Waals surface area contributed by atoms with E-state index in [4.69, 9.17) is 4.74 Å². The lowest BCUT2D eigenvalue weighted by atomic mass is 9.82. The van der Waals surface area contributed by atoms with Crippen LogP contribution in [0.15, 0.2) is 36.4 Å². The van der Waals surface area contributed by atoms with E-state index in [2.05, 4.69) is 0 Å². The van der Waals surface area contributed by atoms with Gasteiger partial charge in [0.25, 0.3) is 0 Å². The number of benzene rings is 2. The highest BCUT2D eigenvalue weighted by Gasteiger charge is 2.41. The summed E-state index contributed by atoms with van der Waals surface area (Å²) in [5.41, 5.74) is -2.96. The minimum absolute atomic E-state index is 0.0217. The molecule has 1 heterocycles. The van der Waals surface area contributed by atoms with Crippen molar-refractivity contribution in [2.75, 3.05) is 13.1 Å². The maximum Gasteiger partial charge on any atom is 0.416 e. The van der Waals surface area contributed by atoms with Gasteiger partial charge < -0.3 is 14.5 Å². The lowest BCUT2D eigenvalue weighted by Gasteiger charge is -2.46. The fourth-order valence-corrected chi connectivity index (χ4v) is 5.37. The first-order valence-corrected chi connectivity index (χ1v) is 13.5. The summed E-state index contributed by atoms with van der Waals surface area (Å²) in [5.74, 6) is -1.68. The molecule has 2 aromatic carbocycles. The smallest absolute Gasteiger partial charge is 0.416 e. The van der Waals surface area contributed by atoms with Crippen molar-refractivity contribution >= 4 is 12.0 Å². The first-order chi connectivity index (χ1) is 19.2. The third kappa shape index (κ3) is 8.16. The molecule has 2 amide bonds. The van der Waals surface area contributed by atoms with Crippen molar-refractivity contribution in [3.05, 3.63) is 70.0 Å². The number of ether oxygens (including phenoxy) is 1. The van der Waals surface area contributed by atoms with Crippen LogP contribution in [0.1, 0.15) is 74.8 Å². The Morgan fingerprint density at radius 2 is 1.55 bits per heavy atom. The number of piperidine rings is 1. The van der Waals surface area contributed by atoms with Crippen LogP contribution in [0.25, 0.3) is 0 Å². The SMILES string of the molecule is Cc1cc(F)ccc1[C@H]1CN(C(=O)OC(C)(C)C)CC[C@@H]1N(C(=O)Cc1cc(C(F)(F)F)cc(C(F)(F)F)c1)C(C)C. The van der Waals surface area contributed by atoms with E-state index in [1.54, 1.807) is 47.6 Å². The van der Waals surface area contributed by atoms with Gasteiger partial charge in [0.1, 0.15) is 11.4 Å². The lowest BCUT2D eigenvalue weighted by molar-refractivity contribution is -0.144. The average Bonchev–Trinajstić information content (AvgIpc) is 2.82. The monoisotopic (exact) mass is 604 g/mol. The molecule has 3 rings (SSSR count). The Morgan fingerprint density at radius 3 is 2.02 bits per heavy atom. The molecule has 5 nitrogen and oxygen atoms in total. The van der Waals surface area contributed by atoms with Crippen LogP contribution < -0.4 is 0 Å². The van der Waals surface area contributed by atoms with E-state index in [-0.39, 0.29) is 25.6 Å². The highest BCUT2D eigenvalue weighted by molar-refractivity contribution is 5.80. The number of nitrogens with zero attached hydrogens (tertiary/aromatic N) is 2. The normalized spacial score (nSPS) is 18.3. The van der Waals surface area contributed by atoms with Crippen molar-refractivity contribution in [1.82, 2.24) is 9.80 Å². The third-order valence-electron chi connectivity index (χ3n) is 7.06. The Kier molecular flexibility index (Phi) is 9.58. The molecule has 1 aliphatic rings. The van der Waals surface area contributed by atoms with E-state index < -0.39 is 76.9 Å². The number of carbonyl (C=O) groups is 2. The number of rotatable bonds is 5. The van der Waals surface area contributed by atoms with Crippen LogP contribution in [-0.2, 0) is 28.3 Å². The van der Waals surface area contributed by atoms with Crippen LogP contribution in [0.4, 0.5) is 35.5 Å². The number of halogens is 7. The summed E-state index contributed by atoms with van der Waals surface area (Å²) in [6, 6.07) is 4.19. The van der Waals surface area contributed by atoms with Gasteiger partial charge in [0.2, 0.25) is 5.91 Å². The summed E-state index contributed by atoms with van der Waals surface area (Å²) in [7, 11) is 0.